The van der Waals surface area contributed by atoms with Gasteiger partial charge >= 0.3 is 0 Å². The van der Waals surface area contributed by atoms with Gasteiger partial charge in [0.2, 0.25) is 17.2 Å². The van der Waals surface area contributed by atoms with Crippen molar-refractivity contribution in [3.63, 3.8) is 0 Å². The van der Waals surface area contributed by atoms with Gasteiger partial charge in [-0.3, -0.25) is 0 Å². The van der Waals surface area contributed by atoms with Gasteiger partial charge in [0.05, 0.1) is 0 Å². The number of hydrogen-bond donors (Lipinski definition) is 1. The lowest BCUT2D eigenvalue weighted by atomic mass is 9.92. The fourth-order valence-electron chi connectivity index (χ4n) is 3.28. The molecule has 2 unspecified atom stereocenters. The van der Waals surface area contributed by atoms with Crippen molar-refractivity contribution < 1.29 is 0 Å². The SMILES string of the molecule is CNc1nc(Cl)nc(N2CCCC3CCCC32)n1. The van der Waals surface area contributed by atoms with E-state index in [-0.39, 0.29) is 5.28 Å². The van der Waals surface area contributed by atoms with Crippen molar-refractivity contribution in [3.8, 4) is 0 Å². The molecule has 5 nitrogen and oxygen atoms in total. The number of halogens is 1. The molecule has 1 aromatic rings. The lowest BCUT2D eigenvalue weighted by Crippen LogP contribution is -2.43. The molecule has 2 aliphatic rings. The number of fused-ring (bicyclic) bond motifs is 1. The Labute approximate surface area is 112 Å². The van der Waals surface area contributed by atoms with E-state index >= 15 is 0 Å². The van der Waals surface area contributed by atoms with Gasteiger partial charge in [-0.1, -0.05) is 6.42 Å². The number of nitrogens with one attached hydrogen (secondary N) is 1. The molecule has 2 heterocycles. The van der Waals surface area contributed by atoms with Gasteiger partial charge in [-0.2, -0.15) is 15.0 Å². The van der Waals surface area contributed by atoms with Crippen LogP contribution in [0.25, 0.3) is 0 Å². The van der Waals surface area contributed by atoms with Gasteiger partial charge < -0.3 is 10.2 Å². The van der Waals surface area contributed by atoms with Crippen molar-refractivity contribution in [1.82, 2.24) is 15.0 Å². The highest BCUT2D eigenvalue weighted by Gasteiger charge is 2.36. The van der Waals surface area contributed by atoms with E-state index in [0.29, 0.717) is 12.0 Å². The summed E-state index contributed by atoms with van der Waals surface area (Å²) < 4.78 is 0. The van der Waals surface area contributed by atoms with Crippen molar-refractivity contribution in [2.24, 2.45) is 5.92 Å². The molecule has 0 bridgehead atoms. The minimum Gasteiger partial charge on any atom is -0.357 e. The Bertz CT molecular complexity index is 438. The Kier molecular flexibility index (Phi) is 3.24. The predicted molar refractivity (Wildman–Crippen MR) is 72.1 cm³/mol. The average Bonchev–Trinajstić information content (AvgIpc) is 2.85. The quantitative estimate of drug-likeness (QED) is 0.891. The van der Waals surface area contributed by atoms with Crippen molar-refractivity contribution in [3.05, 3.63) is 5.28 Å². The van der Waals surface area contributed by atoms with Crippen LogP contribution in [0.2, 0.25) is 5.28 Å². The molecular weight excluding hydrogens is 250 g/mol. The Hall–Kier alpha value is -1.10. The summed E-state index contributed by atoms with van der Waals surface area (Å²) in [5.41, 5.74) is 0. The molecule has 1 saturated heterocycles. The number of aromatic nitrogens is 3. The third-order valence-electron chi connectivity index (χ3n) is 4.07. The topological polar surface area (TPSA) is 53.9 Å². The Balaban J connectivity index is 1.90. The maximum absolute atomic E-state index is 5.96. The summed E-state index contributed by atoms with van der Waals surface area (Å²) in [6.07, 6.45) is 6.49. The van der Waals surface area contributed by atoms with Crippen molar-refractivity contribution in [2.45, 2.75) is 38.1 Å². The molecule has 1 saturated carbocycles. The molecule has 1 aliphatic carbocycles. The first-order valence-corrected chi connectivity index (χ1v) is 7.01. The zero-order valence-electron chi connectivity index (χ0n) is 10.6. The van der Waals surface area contributed by atoms with E-state index in [0.717, 1.165) is 18.4 Å². The molecule has 0 spiro atoms. The number of rotatable bonds is 2. The predicted octanol–water partition coefficient (Wildman–Crippen LogP) is 2.34. The highest BCUT2D eigenvalue weighted by molar-refractivity contribution is 6.28. The summed E-state index contributed by atoms with van der Waals surface area (Å²) in [4.78, 5) is 15.1. The summed E-state index contributed by atoms with van der Waals surface area (Å²) in [6, 6.07) is 0.599. The zero-order valence-corrected chi connectivity index (χ0v) is 11.3. The van der Waals surface area contributed by atoms with Crippen LogP contribution in [0.4, 0.5) is 11.9 Å². The monoisotopic (exact) mass is 267 g/mol. The van der Waals surface area contributed by atoms with Gasteiger partial charge in [0.25, 0.3) is 0 Å². The molecule has 98 valence electrons. The van der Waals surface area contributed by atoms with E-state index in [9.17, 15) is 0 Å². The minimum absolute atomic E-state index is 0.268. The average molecular weight is 268 g/mol. The molecule has 1 N–H and O–H groups in total. The summed E-state index contributed by atoms with van der Waals surface area (Å²) in [5.74, 6) is 2.09. The van der Waals surface area contributed by atoms with Crippen LogP contribution in [0.1, 0.15) is 32.1 Å². The fourth-order valence-corrected chi connectivity index (χ4v) is 3.44. The van der Waals surface area contributed by atoms with Gasteiger partial charge in [0.1, 0.15) is 0 Å². The van der Waals surface area contributed by atoms with Crippen LogP contribution in [0.5, 0.6) is 0 Å². The van der Waals surface area contributed by atoms with E-state index in [2.05, 4.69) is 25.2 Å². The highest BCUT2D eigenvalue weighted by atomic mass is 35.5. The summed E-state index contributed by atoms with van der Waals surface area (Å²) in [5, 5.41) is 3.20. The third kappa shape index (κ3) is 2.11. The Morgan fingerprint density at radius 2 is 2.00 bits per heavy atom. The number of piperidine rings is 1. The fraction of sp³-hybridized carbons (Fsp3) is 0.750. The van der Waals surface area contributed by atoms with Crippen LogP contribution in [0.15, 0.2) is 0 Å². The first-order chi connectivity index (χ1) is 8.78. The van der Waals surface area contributed by atoms with Crippen LogP contribution in [0.3, 0.4) is 0 Å². The minimum atomic E-state index is 0.268. The first kappa shape index (κ1) is 12.0. The molecule has 2 atom stereocenters. The van der Waals surface area contributed by atoms with E-state index in [4.69, 9.17) is 11.6 Å². The molecule has 3 rings (SSSR count). The molecule has 1 aliphatic heterocycles. The first-order valence-electron chi connectivity index (χ1n) is 6.64. The molecule has 2 fully saturated rings. The smallest absolute Gasteiger partial charge is 0.231 e. The second kappa shape index (κ2) is 4.88. The normalized spacial score (nSPS) is 27.1. The van der Waals surface area contributed by atoms with E-state index in [1.165, 1.54) is 32.1 Å². The van der Waals surface area contributed by atoms with E-state index in [1.807, 2.05) is 0 Å². The largest absolute Gasteiger partial charge is 0.357 e. The van der Waals surface area contributed by atoms with Crippen LogP contribution >= 0.6 is 11.6 Å². The second-order valence-corrected chi connectivity index (χ2v) is 5.41. The van der Waals surface area contributed by atoms with E-state index < -0.39 is 0 Å². The van der Waals surface area contributed by atoms with Gasteiger partial charge in [0.15, 0.2) is 0 Å². The molecule has 1 aromatic heterocycles. The molecule has 0 aromatic carbocycles. The maximum atomic E-state index is 5.96. The maximum Gasteiger partial charge on any atom is 0.231 e. The Morgan fingerprint density at radius 1 is 1.17 bits per heavy atom. The van der Waals surface area contributed by atoms with E-state index in [1.54, 1.807) is 7.05 Å². The van der Waals surface area contributed by atoms with Gasteiger partial charge in [-0.05, 0) is 43.2 Å². The molecule has 18 heavy (non-hydrogen) atoms. The van der Waals surface area contributed by atoms with Crippen molar-refractivity contribution >= 4 is 23.5 Å². The third-order valence-corrected chi connectivity index (χ3v) is 4.24. The van der Waals surface area contributed by atoms with Crippen LogP contribution in [0, 0.1) is 5.92 Å². The summed E-state index contributed by atoms with van der Waals surface area (Å²) in [6.45, 7) is 1.03. The summed E-state index contributed by atoms with van der Waals surface area (Å²) in [7, 11) is 1.80. The van der Waals surface area contributed by atoms with Gasteiger partial charge in [-0.25, -0.2) is 0 Å². The number of nitrogens with zero attached hydrogens (tertiary/aromatic N) is 4. The number of hydrogen-bond acceptors (Lipinski definition) is 5. The lowest BCUT2D eigenvalue weighted by Gasteiger charge is -2.37. The van der Waals surface area contributed by atoms with Crippen molar-refractivity contribution in [2.75, 3.05) is 23.8 Å². The van der Waals surface area contributed by atoms with Gasteiger partial charge in [0, 0.05) is 19.6 Å². The van der Waals surface area contributed by atoms with Crippen LogP contribution < -0.4 is 10.2 Å². The highest BCUT2D eigenvalue weighted by Crippen LogP contribution is 2.38. The van der Waals surface area contributed by atoms with Crippen LogP contribution in [-0.2, 0) is 0 Å². The molecule has 6 heteroatoms. The summed E-state index contributed by atoms with van der Waals surface area (Å²) >= 11 is 5.96. The zero-order chi connectivity index (χ0) is 12.5. The van der Waals surface area contributed by atoms with Crippen LogP contribution in [-0.4, -0.2) is 34.6 Å². The standard InChI is InChI=1S/C12H18ClN5/c1-14-11-15-10(13)16-12(17-11)18-7-3-5-8-4-2-6-9(8)18/h8-9H,2-7H2,1H3,(H,14,15,16,17). The van der Waals surface area contributed by atoms with Gasteiger partial charge in [-0.15, -0.1) is 0 Å². The molecule has 0 amide bonds. The second-order valence-electron chi connectivity index (χ2n) is 5.07. The Morgan fingerprint density at radius 3 is 2.83 bits per heavy atom. The molecular formula is C12H18ClN5. The number of anilines is 2. The van der Waals surface area contributed by atoms with Crippen molar-refractivity contribution in [1.29, 1.82) is 0 Å². The lowest BCUT2D eigenvalue weighted by molar-refractivity contribution is 0.358. The molecule has 0 radical (unpaired) electrons.